The van der Waals surface area contributed by atoms with E-state index in [0.717, 1.165) is 11.1 Å². The summed E-state index contributed by atoms with van der Waals surface area (Å²) in [5, 5.41) is 4.61. The Labute approximate surface area is 187 Å². The van der Waals surface area contributed by atoms with Gasteiger partial charge in [-0.05, 0) is 24.3 Å². The van der Waals surface area contributed by atoms with Crippen molar-refractivity contribution in [1.29, 1.82) is 0 Å². The molecule has 3 aromatic carbocycles. The Balaban J connectivity index is 1.73. The monoisotopic (exact) mass is 442 g/mol. The topological polar surface area (TPSA) is 74.7 Å². The standard InChI is InChI=1S/C25H22N4O2S/c1-29(22-15-10-18-26-19-22)32(30,31)24-17-9-8-16-23(24)27-28-25(20-11-4-2-5-12-20)21-13-6-3-7-14-21/h2-19,27H,1H3. The fourth-order valence-corrected chi connectivity index (χ4v) is 4.54. The summed E-state index contributed by atoms with van der Waals surface area (Å²) in [6.45, 7) is 0. The number of hydrogen-bond donors (Lipinski definition) is 1. The van der Waals surface area contributed by atoms with Crippen LogP contribution in [0.2, 0.25) is 0 Å². The average molecular weight is 443 g/mol. The molecule has 0 amide bonds. The van der Waals surface area contributed by atoms with E-state index in [0.29, 0.717) is 17.1 Å². The third kappa shape index (κ3) is 4.53. The number of aromatic nitrogens is 1. The highest BCUT2D eigenvalue weighted by Crippen LogP contribution is 2.27. The molecule has 1 heterocycles. The third-order valence-electron chi connectivity index (χ3n) is 4.92. The molecule has 1 aromatic heterocycles. The van der Waals surface area contributed by atoms with Gasteiger partial charge in [0.2, 0.25) is 0 Å². The zero-order chi connectivity index (χ0) is 22.4. The van der Waals surface area contributed by atoms with E-state index in [-0.39, 0.29) is 4.90 Å². The predicted octanol–water partition coefficient (Wildman–Crippen LogP) is 4.77. The van der Waals surface area contributed by atoms with Crippen LogP contribution in [-0.4, -0.2) is 26.2 Å². The summed E-state index contributed by atoms with van der Waals surface area (Å²) in [4.78, 5) is 4.14. The molecule has 0 bridgehead atoms. The van der Waals surface area contributed by atoms with Crippen molar-refractivity contribution in [1.82, 2.24) is 4.98 Å². The van der Waals surface area contributed by atoms with Crippen molar-refractivity contribution in [3.8, 4) is 0 Å². The van der Waals surface area contributed by atoms with Crippen molar-refractivity contribution in [3.05, 3.63) is 121 Å². The first-order valence-electron chi connectivity index (χ1n) is 10.00. The van der Waals surface area contributed by atoms with Crippen molar-refractivity contribution in [3.63, 3.8) is 0 Å². The van der Waals surface area contributed by atoms with Crippen LogP contribution in [0.25, 0.3) is 0 Å². The lowest BCUT2D eigenvalue weighted by Gasteiger charge is -2.20. The SMILES string of the molecule is CN(c1cccnc1)S(=O)(=O)c1ccccc1NN=C(c1ccccc1)c1ccccc1. The number of pyridine rings is 1. The molecule has 0 unspecified atom stereocenters. The Bertz CT molecular complexity index is 1270. The molecule has 0 fully saturated rings. The van der Waals surface area contributed by atoms with E-state index in [9.17, 15) is 8.42 Å². The summed E-state index contributed by atoms with van der Waals surface area (Å²) in [5.74, 6) is 0. The van der Waals surface area contributed by atoms with Crippen molar-refractivity contribution < 1.29 is 8.42 Å². The highest BCUT2D eigenvalue weighted by atomic mass is 32.2. The number of rotatable bonds is 7. The van der Waals surface area contributed by atoms with Gasteiger partial charge in [-0.15, -0.1) is 0 Å². The van der Waals surface area contributed by atoms with Gasteiger partial charge in [0.25, 0.3) is 10.0 Å². The average Bonchev–Trinajstić information content (AvgIpc) is 2.86. The van der Waals surface area contributed by atoms with Crippen LogP contribution in [0, 0.1) is 0 Å². The molecule has 0 spiro atoms. The Morgan fingerprint density at radius 3 is 2.00 bits per heavy atom. The van der Waals surface area contributed by atoms with Crippen LogP contribution < -0.4 is 9.73 Å². The third-order valence-corrected chi connectivity index (χ3v) is 6.76. The number of nitrogens with one attached hydrogen (secondary N) is 1. The number of benzene rings is 3. The van der Waals surface area contributed by atoms with Crippen LogP contribution in [0.15, 0.2) is 119 Å². The number of para-hydroxylation sites is 1. The van der Waals surface area contributed by atoms with Crippen molar-refractivity contribution in [2.24, 2.45) is 5.10 Å². The maximum Gasteiger partial charge on any atom is 0.266 e. The maximum absolute atomic E-state index is 13.3. The van der Waals surface area contributed by atoms with Crippen LogP contribution >= 0.6 is 0 Å². The second-order valence-electron chi connectivity index (χ2n) is 6.98. The lowest BCUT2D eigenvalue weighted by Crippen LogP contribution is -2.27. The van der Waals surface area contributed by atoms with Crippen LogP contribution in [0.4, 0.5) is 11.4 Å². The van der Waals surface area contributed by atoms with Crippen molar-refractivity contribution in [2.75, 3.05) is 16.8 Å². The number of hydrazone groups is 1. The Hall–Kier alpha value is -3.97. The summed E-state index contributed by atoms with van der Waals surface area (Å²) in [7, 11) is -2.33. The molecule has 0 atom stereocenters. The lowest BCUT2D eigenvalue weighted by atomic mass is 10.0. The molecule has 160 valence electrons. The number of anilines is 2. The highest BCUT2D eigenvalue weighted by Gasteiger charge is 2.24. The zero-order valence-electron chi connectivity index (χ0n) is 17.5. The molecule has 0 radical (unpaired) electrons. The van der Waals surface area contributed by atoms with Gasteiger partial charge in [0.1, 0.15) is 4.90 Å². The van der Waals surface area contributed by atoms with E-state index in [1.807, 2.05) is 60.7 Å². The Kier molecular flexibility index (Phi) is 6.28. The van der Waals surface area contributed by atoms with Crippen LogP contribution in [0.3, 0.4) is 0 Å². The molecule has 0 saturated carbocycles. The van der Waals surface area contributed by atoms with E-state index < -0.39 is 10.0 Å². The quantitative estimate of drug-likeness (QED) is 0.330. The molecular formula is C25H22N4O2S. The fourth-order valence-electron chi connectivity index (χ4n) is 3.21. The van der Waals surface area contributed by atoms with E-state index in [2.05, 4.69) is 15.5 Å². The normalized spacial score (nSPS) is 10.9. The minimum Gasteiger partial charge on any atom is -0.276 e. The van der Waals surface area contributed by atoms with Gasteiger partial charge in [-0.2, -0.15) is 5.10 Å². The number of nitrogens with zero attached hydrogens (tertiary/aromatic N) is 3. The van der Waals surface area contributed by atoms with Gasteiger partial charge in [-0.3, -0.25) is 14.7 Å². The number of sulfonamides is 1. The van der Waals surface area contributed by atoms with E-state index in [4.69, 9.17) is 0 Å². The van der Waals surface area contributed by atoms with Gasteiger partial charge >= 0.3 is 0 Å². The first-order chi connectivity index (χ1) is 15.6. The second kappa shape index (κ2) is 9.45. The molecule has 0 aliphatic heterocycles. The van der Waals surface area contributed by atoms with Gasteiger partial charge in [-0.25, -0.2) is 8.42 Å². The van der Waals surface area contributed by atoms with Gasteiger partial charge < -0.3 is 0 Å². The van der Waals surface area contributed by atoms with Crippen LogP contribution in [0.1, 0.15) is 11.1 Å². The first-order valence-corrected chi connectivity index (χ1v) is 11.4. The van der Waals surface area contributed by atoms with E-state index >= 15 is 0 Å². The van der Waals surface area contributed by atoms with Gasteiger partial charge in [0.15, 0.2) is 0 Å². The second-order valence-corrected chi connectivity index (χ2v) is 8.92. The summed E-state index contributed by atoms with van der Waals surface area (Å²) in [5.41, 5.74) is 6.38. The fraction of sp³-hybridized carbons (Fsp3) is 0.0400. The van der Waals surface area contributed by atoms with Crippen LogP contribution in [-0.2, 0) is 10.0 Å². The lowest BCUT2D eigenvalue weighted by molar-refractivity contribution is 0.594. The largest absolute Gasteiger partial charge is 0.276 e. The van der Waals surface area contributed by atoms with Crippen molar-refractivity contribution in [2.45, 2.75) is 4.90 Å². The minimum absolute atomic E-state index is 0.121. The molecule has 7 heteroatoms. The molecule has 0 aliphatic rings. The Morgan fingerprint density at radius 1 is 0.812 bits per heavy atom. The molecular weight excluding hydrogens is 420 g/mol. The zero-order valence-corrected chi connectivity index (χ0v) is 18.3. The minimum atomic E-state index is -3.84. The maximum atomic E-state index is 13.3. The number of hydrogen-bond acceptors (Lipinski definition) is 5. The molecule has 1 N–H and O–H groups in total. The summed E-state index contributed by atoms with van der Waals surface area (Å²) in [6, 6.07) is 29.6. The molecule has 32 heavy (non-hydrogen) atoms. The predicted molar refractivity (Wildman–Crippen MR) is 128 cm³/mol. The van der Waals surface area contributed by atoms with Gasteiger partial charge in [0, 0.05) is 24.4 Å². The first kappa shape index (κ1) is 21.3. The molecule has 0 saturated heterocycles. The van der Waals surface area contributed by atoms with Crippen molar-refractivity contribution >= 4 is 27.1 Å². The molecule has 6 nitrogen and oxygen atoms in total. The van der Waals surface area contributed by atoms with Crippen LogP contribution in [0.5, 0.6) is 0 Å². The summed E-state index contributed by atoms with van der Waals surface area (Å²) >= 11 is 0. The van der Waals surface area contributed by atoms with E-state index in [1.165, 1.54) is 17.5 Å². The smallest absolute Gasteiger partial charge is 0.266 e. The summed E-state index contributed by atoms with van der Waals surface area (Å²) in [6.07, 6.45) is 3.11. The molecule has 4 rings (SSSR count). The van der Waals surface area contributed by atoms with E-state index in [1.54, 1.807) is 42.6 Å². The van der Waals surface area contributed by atoms with Gasteiger partial charge in [0.05, 0.1) is 23.3 Å². The summed E-state index contributed by atoms with van der Waals surface area (Å²) < 4.78 is 27.9. The van der Waals surface area contributed by atoms with Gasteiger partial charge in [-0.1, -0.05) is 72.8 Å². The highest BCUT2D eigenvalue weighted by molar-refractivity contribution is 7.93. The molecule has 4 aromatic rings. The molecule has 0 aliphatic carbocycles. The Morgan fingerprint density at radius 2 is 1.41 bits per heavy atom.